The summed E-state index contributed by atoms with van der Waals surface area (Å²) in [7, 11) is 0. The normalized spacial score (nSPS) is 26.6. The third kappa shape index (κ3) is 3.44. The van der Waals surface area contributed by atoms with Gasteiger partial charge in [0.2, 0.25) is 0 Å². The Morgan fingerprint density at radius 1 is 1.07 bits per heavy atom. The zero-order chi connectivity index (χ0) is 9.64. The number of hydrogen-bond donors (Lipinski definition) is 1. The van der Waals surface area contributed by atoms with Crippen molar-refractivity contribution in [2.45, 2.75) is 31.7 Å². The molecule has 2 nitrogen and oxygen atoms in total. The van der Waals surface area contributed by atoms with E-state index in [0.717, 1.165) is 25.2 Å². The third-order valence-electron chi connectivity index (χ3n) is 3.26. The van der Waals surface area contributed by atoms with Crippen LogP contribution in [0.1, 0.15) is 25.7 Å². The third-order valence-corrected chi connectivity index (χ3v) is 4.31. The molecule has 0 saturated carbocycles. The van der Waals surface area contributed by atoms with Crippen LogP contribution in [-0.4, -0.2) is 37.3 Å². The van der Waals surface area contributed by atoms with E-state index in [1.165, 1.54) is 43.7 Å². The molecule has 0 radical (unpaired) electrons. The molecular weight excluding hydrogens is 194 g/mol. The van der Waals surface area contributed by atoms with Gasteiger partial charge in [-0.2, -0.15) is 11.8 Å². The standard InChI is InChI=1S/C11H21NOS/c1-5-13-6-2-10(1)9-12-11-3-7-14-8-4-11/h10-12H,1-9H2. The molecule has 0 aromatic carbocycles. The number of thioether (sulfide) groups is 1. The molecule has 0 spiro atoms. The van der Waals surface area contributed by atoms with Gasteiger partial charge in [-0.1, -0.05) is 0 Å². The van der Waals surface area contributed by atoms with E-state index < -0.39 is 0 Å². The molecule has 0 aromatic rings. The summed E-state index contributed by atoms with van der Waals surface area (Å²) in [6.07, 6.45) is 5.25. The highest BCUT2D eigenvalue weighted by molar-refractivity contribution is 7.99. The largest absolute Gasteiger partial charge is 0.381 e. The van der Waals surface area contributed by atoms with Crippen LogP contribution in [0.2, 0.25) is 0 Å². The van der Waals surface area contributed by atoms with Crippen LogP contribution < -0.4 is 5.32 Å². The minimum atomic E-state index is 0.805. The summed E-state index contributed by atoms with van der Waals surface area (Å²) in [5.74, 6) is 3.58. The summed E-state index contributed by atoms with van der Waals surface area (Å²) in [6, 6.07) is 0.805. The van der Waals surface area contributed by atoms with E-state index in [2.05, 4.69) is 17.1 Å². The van der Waals surface area contributed by atoms with Crippen molar-refractivity contribution >= 4 is 11.8 Å². The van der Waals surface area contributed by atoms with Gasteiger partial charge in [-0.3, -0.25) is 0 Å². The van der Waals surface area contributed by atoms with Crippen LogP contribution in [0.5, 0.6) is 0 Å². The monoisotopic (exact) mass is 215 g/mol. The summed E-state index contributed by atoms with van der Waals surface area (Å²) in [5.41, 5.74) is 0. The number of ether oxygens (including phenoxy) is 1. The molecule has 0 unspecified atom stereocenters. The van der Waals surface area contributed by atoms with Crippen LogP contribution >= 0.6 is 11.8 Å². The highest BCUT2D eigenvalue weighted by Crippen LogP contribution is 2.18. The summed E-state index contributed by atoms with van der Waals surface area (Å²) < 4.78 is 5.36. The molecular formula is C11H21NOS. The molecule has 1 N–H and O–H groups in total. The van der Waals surface area contributed by atoms with Gasteiger partial charge in [0.25, 0.3) is 0 Å². The van der Waals surface area contributed by atoms with Crippen molar-refractivity contribution in [3.05, 3.63) is 0 Å². The van der Waals surface area contributed by atoms with Gasteiger partial charge in [0, 0.05) is 19.3 Å². The van der Waals surface area contributed by atoms with E-state index in [-0.39, 0.29) is 0 Å². The molecule has 2 aliphatic heterocycles. The highest BCUT2D eigenvalue weighted by atomic mass is 32.2. The zero-order valence-electron chi connectivity index (χ0n) is 8.84. The van der Waals surface area contributed by atoms with Gasteiger partial charge < -0.3 is 10.1 Å². The van der Waals surface area contributed by atoms with Crippen molar-refractivity contribution < 1.29 is 4.74 Å². The first-order chi connectivity index (χ1) is 6.95. The average Bonchev–Trinajstić information content (AvgIpc) is 2.29. The van der Waals surface area contributed by atoms with Crippen molar-refractivity contribution in [3.8, 4) is 0 Å². The minimum absolute atomic E-state index is 0.805. The van der Waals surface area contributed by atoms with E-state index in [4.69, 9.17) is 4.74 Å². The second-order valence-electron chi connectivity index (χ2n) is 4.35. The molecule has 2 saturated heterocycles. The molecule has 2 aliphatic rings. The van der Waals surface area contributed by atoms with Gasteiger partial charge in [-0.25, -0.2) is 0 Å². The van der Waals surface area contributed by atoms with Gasteiger partial charge in [-0.15, -0.1) is 0 Å². The molecule has 0 bridgehead atoms. The summed E-state index contributed by atoms with van der Waals surface area (Å²) in [4.78, 5) is 0. The molecule has 2 rings (SSSR count). The molecule has 0 aliphatic carbocycles. The summed E-state index contributed by atoms with van der Waals surface area (Å²) in [5, 5.41) is 3.72. The van der Waals surface area contributed by atoms with Crippen LogP contribution in [0.4, 0.5) is 0 Å². The van der Waals surface area contributed by atoms with E-state index in [9.17, 15) is 0 Å². The SMILES string of the molecule is C1CC(CNC2CCSCC2)CCO1. The van der Waals surface area contributed by atoms with Crippen molar-refractivity contribution in [2.24, 2.45) is 5.92 Å². The van der Waals surface area contributed by atoms with Crippen LogP contribution in [0.3, 0.4) is 0 Å². The Morgan fingerprint density at radius 3 is 2.50 bits per heavy atom. The Kier molecular flexibility index (Phi) is 4.61. The predicted molar refractivity (Wildman–Crippen MR) is 61.9 cm³/mol. The molecule has 0 amide bonds. The molecule has 0 aromatic heterocycles. The van der Waals surface area contributed by atoms with Crippen molar-refractivity contribution in [2.75, 3.05) is 31.3 Å². The topological polar surface area (TPSA) is 21.3 Å². The lowest BCUT2D eigenvalue weighted by molar-refractivity contribution is 0.0653. The number of hydrogen-bond acceptors (Lipinski definition) is 3. The molecule has 2 fully saturated rings. The summed E-state index contributed by atoms with van der Waals surface area (Å²) >= 11 is 2.10. The van der Waals surface area contributed by atoms with Gasteiger partial charge in [0.05, 0.1) is 0 Å². The Hall–Kier alpha value is 0.270. The van der Waals surface area contributed by atoms with E-state index >= 15 is 0 Å². The van der Waals surface area contributed by atoms with E-state index in [1.54, 1.807) is 0 Å². The van der Waals surface area contributed by atoms with Crippen molar-refractivity contribution in [1.29, 1.82) is 0 Å². The zero-order valence-corrected chi connectivity index (χ0v) is 9.65. The molecule has 0 atom stereocenters. The Bertz CT molecular complexity index is 135. The lowest BCUT2D eigenvalue weighted by Gasteiger charge is -2.27. The van der Waals surface area contributed by atoms with Crippen LogP contribution in [0.25, 0.3) is 0 Å². The van der Waals surface area contributed by atoms with Crippen molar-refractivity contribution in [3.63, 3.8) is 0 Å². The molecule has 3 heteroatoms. The Labute approximate surface area is 91.2 Å². The van der Waals surface area contributed by atoms with Gasteiger partial charge in [0.1, 0.15) is 0 Å². The first-order valence-corrected chi connectivity index (χ1v) is 6.99. The lowest BCUT2D eigenvalue weighted by Crippen LogP contribution is -2.37. The molecule has 2 heterocycles. The fourth-order valence-corrected chi connectivity index (χ4v) is 3.29. The number of rotatable bonds is 3. The maximum absolute atomic E-state index is 5.36. The maximum atomic E-state index is 5.36. The van der Waals surface area contributed by atoms with Gasteiger partial charge in [0.15, 0.2) is 0 Å². The smallest absolute Gasteiger partial charge is 0.0469 e. The van der Waals surface area contributed by atoms with E-state index in [0.29, 0.717) is 0 Å². The van der Waals surface area contributed by atoms with E-state index in [1.807, 2.05) is 0 Å². The highest BCUT2D eigenvalue weighted by Gasteiger charge is 2.17. The fraction of sp³-hybridized carbons (Fsp3) is 1.00. The Balaban J connectivity index is 1.60. The second kappa shape index (κ2) is 5.99. The first-order valence-electron chi connectivity index (χ1n) is 5.84. The fourth-order valence-electron chi connectivity index (χ4n) is 2.19. The van der Waals surface area contributed by atoms with Crippen LogP contribution in [0, 0.1) is 5.92 Å². The average molecular weight is 215 g/mol. The molecule has 82 valence electrons. The lowest BCUT2D eigenvalue weighted by atomic mass is 9.99. The first kappa shape index (κ1) is 10.8. The quantitative estimate of drug-likeness (QED) is 0.777. The summed E-state index contributed by atoms with van der Waals surface area (Å²) in [6.45, 7) is 3.18. The second-order valence-corrected chi connectivity index (χ2v) is 5.58. The Morgan fingerprint density at radius 2 is 1.79 bits per heavy atom. The maximum Gasteiger partial charge on any atom is 0.0469 e. The molecule has 14 heavy (non-hydrogen) atoms. The van der Waals surface area contributed by atoms with Crippen LogP contribution in [0.15, 0.2) is 0 Å². The number of nitrogens with one attached hydrogen (secondary N) is 1. The van der Waals surface area contributed by atoms with Gasteiger partial charge in [-0.05, 0) is 49.7 Å². The predicted octanol–water partition coefficient (Wildman–Crippen LogP) is 1.90. The van der Waals surface area contributed by atoms with Gasteiger partial charge >= 0.3 is 0 Å². The van der Waals surface area contributed by atoms with Crippen LogP contribution in [-0.2, 0) is 4.74 Å². The van der Waals surface area contributed by atoms with Crippen molar-refractivity contribution in [1.82, 2.24) is 5.32 Å². The minimum Gasteiger partial charge on any atom is -0.381 e.